The summed E-state index contributed by atoms with van der Waals surface area (Å²) in [6, 6.07) is 7.72. The number of benzene rings is 1. The van der Waals surface area contributed by atoms with Crippen molar-refractivity contribution in [1.82, 2.24) is 14.1 Å². The number of nitrogens with zero attached hydrogens (tertiary/aromatic N) is 4. The van der Waals surface area contributed by atoms with Gasteiger partial charge in [0.15, 0.2) is 12.4 Å². The largest absolute Gasteiger partial charge is 0.358 e. The van der Waals surface area contributed by atoms with Crippen LogP contribution in [0.4, 0.5) is 5.82 Å². The molecule has 0 unspecified atom stereocenters. The minimum absolute atomic E-state index is 0.0965. The van der Waals surface area contributed by atoms with Crippen molar-refractivity contribution in [2.45, 2.75) is 33.9 Å². The molecule has 0 fully saturated rings. The molecule has 0 aliphatic heterocycles. The first kappa shape index (κ1) is 15.9. The van der Waals surface area contributed by atoms with Gasteiger partial charge in [-0.15, -0.1) is 0 Å². The molecule has 2 aromatic heterocycles. The molecule has 0 saturated heterocycles. The van der Waals surface area contributed by atoms with Crippen LogP contribution in [0.15, 0.2) is 30.5 Å². The monoisotopic (exact) mass is 326 g/mol. The maximum absolute atomic E-state index is 12.9. The third-order valence-electron chi connectivity index (χ3n) is 4.35. The highest BCUT2D eigenvalue weighted by Crippen LogP contribution is 2.27. The SMILES string of the molecule is CCn1c(C)c(C(=O)Cn2c([N+](=O)[O-])cnc2C)c2ccccc21. The third kappa shape index (κ3) is 2.38. The Bertz CT molecular complexity index is 952. The molecule has 0 saturated carbocycles. The molecule has 0 bridgehead atoms. The van der Waals surface area contributed by atoms with Gasteiger partial charge in [-0.3, -0.25) is 4.79 Å². The van der Waals surface area contributed by atoms with E-state index in [0.717, 1.165) is 23.1 Å². The van der Waals surface area contributed by atoms with Gasteiger partial charge in [0.2, 0.25) is 5.78 Å². The average molecular weight is 326 g/mol. The van der Waals surface area contributed by atoms with Crippen LogP contribution in [0.25, 0.3) is 10.9 Å². The number of carbonyl (C=O) groups excluding carboxylic acids is 1. The second kappa shape index (κ2) is 5.92. The molecule has 0 N–H and O–H groups in total. The number of Topliss-reactive ketones (excluding diaryl/α,β-unsaturated/α-hetero) is 1. The van der Waals surface area contributed by atoms with Gasteiger partial charge in [0.05, 0.1) is 5.56 Å². The van der Waals surface area contributed by atoms with Crippen LogP contribution in [-0.2, 0) is 13.1 Å². The number of hydrogen-bond donors (Lipinski definition) is 0. The summed E-state index contributed by atoms with van der Waals surface area (Å²) < 4.78 is 3.43. The lowest BCUT2D eigenvalue weighted by molar-refractivity contribution is -0.392. The van der Waals surface area contributed by atoms with Gasteiger partial charge in [-0.2, -0.15) is 0 Å². The Morgan fingerprint density at radius 2 is 1.96 bits per heavy atom. The van der Waals surface area contributed by atoms with Gasteiger partial charge < -0.3 is 14.7 Å². The Balaban J connectivity index is 2.09. The molecule has 0 radical (unpaired) electrons. The molecule has 7 heteroatoms. The number of carbonyl (C=O) groups is 1. The van der Waals surface area contributed by atoms with Crippen LogP contribution in [0.5, 0.6) is 0 Å². The standard InChI is InChI=1S/C17H18N4O3/c1-4-19-11(2)17(13-7-5-6-8-14(13)19)15(22)10-20-12(3)18-9-16(20)21(23)24/h5-9H,4,10H2,1-3H3. The van der Waals surface area contributed by atoms with Crippen molar-refractivity contribution < 1.29 is 9.72 Å². The highest BCUT2D eigenvalue weighted by atomic mass is 16.6. The van der Waals surface area contributed by atoms with E-state index in [1.165, 1.54) is 10.8 Å². The zero-order valence-electron chi connectivity index (χ0n) is 13.8. The van der Waals surface area contributed by atoms with E-state index in [9.17, 15) is 14.9 Å². The van der Waals surface area contributed by atoms with Crippen LogP contribution < -0.4 is 0 Å². The van der Waals surface area contributed by atoms with Gasteiger partial charge in [0.25, 0.3) is 0 Å². The first-order valence-electron chi connectivity index (χ1n) is 7.73. The molecule has 2 heterocycles. The average Bonchev–Trinajstić information content (AvgIpc) is 3.04. The van der Waals surface area contributed by atoms with Crippen LogP contribution in [0.1, 0.15) is 28.8 Å². The lowest BCUT2D eigenvalue weighted by Gasteiger charge is -2.05. The molecule has 3 aromatic rings. The molecule has 0 amide bonds. The van der Waals surface area contributed by atoms with Crippen LogP contribution in [0, 0.1) is 24.0 Å². The van der Waals surface area contributed by atoms with Gasteiger partial charge in [-0.05, 0) is 24.8 Å². The summed E-state index contributed by atoms with van der Waals surface area (Å²) in [5.74, 6) is 0.129. The summed E-state index contributed by atoms with van der Waals surface area (Å²) in [7, 11) is 0. The number of aromatic nitrogens is 3. The summed E-state index contributed by atoms with van der Waals surface area (Å²) >= 11 is 0. The fraction of sp³-hybridized carbons (Fsp3) is 0.294. The second-order valence-electron chi connectivity index (χ2n) is 5.65. The quantitative estimate of drug-likeness (QED) is 0.409. The third-order valence-corrected chi connectivity index (χ3v) is 4.35. The summed E-state index contributed by atoms with van der Waals surface area (Å²) in [5, 5.41) is 12.0. The number of aryl methyl sites for hydroxylation is 2. The fourth-order valence-corrected chi connectivity index (χ4v) is 3.21. The van der Waals surface area contributed by atoms with Crippen molar-refractivity contribution in [2.24, 2.45) is 0 Å². The fourth-order valence-electron chi connectivity index (χ4n) is 3.21. The van der Waals surface area contributed by atoms with Crippen LogP contribution in [0.2, 0.25) is 0 Å². The molecular weight excluding hydrogens is 308 g/mol. The van der Waals surface area contributed by atoms with Crippen molar-refractivity contribution in [3.63, 3.8) is 0 Å². The van der Waals surface area contributed by atoms with Gasteiger partial charge in [0, 0.05) is 30.1 Å². The van der Waals surface area contributed by atoms with Gasteiger partial charge in [0.1, 0.15) is 6.20 Å². The maximum atomic E-state index is 12.9. The zero-order valence-corrected chi connectivity index (χ0v) is 13.8. The molecular formula is C17H18N4O3. The van der Waals surface area contributed by atoms with E-state index in [0.29, 0.717) is 11.4 Å². The Morgan fingerprint density at radius 3 is 2.62 bits per heavy atom. The lowest BCUT2D eigenvalue weighted by atomic mass is 10.1. The van der Waals surface area contributed by atoms with Crippen molar-refractivity contribution in [2.75, 3.05) is 0 Å². The van der Waals surface area contributed by atoms with Gasteiger partial charge >= 0.3 is 5.82 Å². The molecule has 0 spiro atoms. The van der Waals surface area contributed by atoms with E-state index in [4.69, 9.17) is 0 Å². The van der Waals surface area contributed by atoms with E-state index in [-0.39, 0.29) is 18.1 Å². The van der Waals surface area contributed by atoms with Crippen molar-refractivity contribution in [3.05, 3.63) is 57.7 Å². The highest BCUT2D eigenvalue weighted by Gasteiger charge is 2.25. The summed E-state index contributed by atoms with van der Waals surface area (Å²) in [6.45, 7) is 6.25. The van der Waals surface area contributed by atoms with E-state index in [1.54, 1.807) is 6.92 Å². The zero-order chi connectivity index (χ0) is 17.4. The van der Waals surface area contributed by atoms with Crippen molar-refractivity contribution >= 4 is 22.5 Å². The van der Waals surface area contributed by atoms with Crippen LogP contribution in [0.3, 0.4) is 0 Å². The van der Waals surface area contributed by atoms with Crippen LogP contribution in [-0.4, -0.2) is 24.8 Å². The molecule has 124 valence electrons. The number of rotatable bonds is 5. The maximum Gasteiger partial charge on any atom is 0.343 e. The van der Waals surface area contributed by atoms with E-state index >= 15 is 0 Å². The summed E-state index contributed by atoms with van der Waals surface area (Å²) in [5.41, 5.74) is 2.50. The van der Waals surface area contributed by atoms with E-state index < -0.39 is 4.92 Å². The number of ketones is 1. The van der Waals surface area contributed by atoms with Crippen molar-refractivity contribution in [3.8, 4) is 0 Å². The van der Waals surface area contributed by atoms with E-state index in [1.807, 2.05) is 38.1 Å². The van der Waals surface area contributed by atoms with Crippen LogP contribution >= 0.6 is 0 Å². The van der Waals surface area contributed by atoms with Gasteiger partial charge in [-0.1, -0.05) is 18.2 Å². The normalized spacial score (nSPS) is 11.1. The second-order valence-corrected chi connectivity index (χ2v) is 5.65. The van der Waals surface area contributed by atoms with E-state index in [2.05, 4.69) is 9.55 Å². The predicted molar refractivity (Wildman–Crippen MR) is 90.3 cm³/mol. The predicted octanol–water partition coefficient (Wildman–Crippen LogP) is 3.27. The molecule has 3 rings (SSSR count). The van der Waals surface area contributed by atoms with Crippen molar-refractivity contribution in [1.29, 1.82) is 0 Å². The Hall–Kier alpha value is -2.96. The Morgan fingerprint density at radius 1 is 1.25 bits per heavy atom. The number of nitro groups is 1. The molecule has 0 atom stereocenters. The molecule has 0 aliphatic carbocycles. The number of para-hydroxylation sites is 1. The smallest absolute Gasteiger partial charge is 0.343 e. The number of fused-ring (bicyclic) bond motifs is 1. The Labute approximate surface area is 138 Å². The van der Waals surface area contributed by atoms with Gasteiger partial charge in [-0.25, -0.2) is 9.55 Å². The Kier molecular flexibility index (Phi) is 3.92. The molecule has 0 aliphatic rings. The highest BCUT2D eigenvalue weighted by molar-refractivity contribution is 6.09. The number of hydrogen-bond acceptors (Lipinski definition) is 4. The lowest BCUT2D eigenvalue weighted by Crippen LogP contribution is -2.14. The minimum Gasteiger partial charge on any atom is -0.358 e. The summed E-state index contributed by atoms with van der Waals surface area (Å²) in [6.07, 6.45) is 1.19. The molecule has 1 aromatic carbocycles. The summed E-state index contributed by atoms with van der Waals surface area (Å²) in [4.78, 5) is 27.5. The minimum atomic E-state index is -0.518. The number of imidazole rings is 1. The molecule has 24 heavy (non-hydrogen) atoms. The molecule has 7 nitrogen and oxygen atoms in total. The first-order chi connectivity index (χ1) is 11.5. The first-order valence-corrected chi connectivity index (χ1v) is 7.73. The topological polar surface area (TPSA) is 83.0 Å².